The highest BCUT2D eigenvalue weighted by Gasteiger charge is 2.31. The number of likely N-dealkylation sites (tertiary alicyclic amines) is 1. The second-order valence-electron chi connectivity index (χ2n) is 5.71. The van der Waals surface area contributed by atoms with E-state index in [1.54, 1.807) is 7.11 Å². The van der Waals surface area contributed by atoms with E-state index in [2.05, 4.69) is 0 Å². The van der Waals surface area contributed by atoms with Gasteiger partial charge >= 0.3 is 0 Å². The predicted molar refractivity (Wildman–Crippen MR) is 91.9 cm³/mol. The molecule has 0 saturated carbocycles. The fraction of sp³-hybridized carbons (Fsp3) is 0.562. The van der Waals surface area contributed by atoms with Crippen LogP contribution in [0.2, 0.25) is 0 Å². The van der Waals surface area contributed by atoms with Gasteiger partial charge in [-0.1, -0.05) is 6.07 Å². The number of piperidine rings is 1. The number of nitrogens with zero attached hydrogens (tertiary/aromatic N) is 2. The third-order valence-corrected chi connectivity index (χ3v) is 4.14. The van der Waals surface area contributed by atoms with E-state index in [0.29, 0.717) is 13.1 Å². The van der Waals surface area contributed by atoms with E-state index in [-0.39, 0.29) is 30.5 Å². The number of carbonyl (C=O) groups excluding carboxylic acids is 1. The Bertz CT molecular complexity index is 496. The lowest BCUT2D eigenvalue weighted by atomic mass is 9.98. The number of methoxy groups -OCH3 is 1. The number of benzene rings is 1. The molecule has 22 heavy (non-hydrogen) atoms. The van der Waals surface area contributed by atoms with Crippen molar-refractivity contribution in [3.05, 3.63) is 29.8 Å². The zero-order valence-electron chi connectivity index (χ0n) is 13.5. The average molecular weight is 328 g/mol. The summed E-state index contributed by atoms with van der Waals surface area (Å²) in [5.74, 6) is 0.0590. The number of anilines is 1. The summed E-state index contributed by atoms with van der Waals surface area (Å²) in [5.41, 5.74) is 7.59. The molecule has 2 atom stereocenters. The molecular weight excluding hydrogens is 302 g/mol. The van der Waals surface area contributed by atoms with Crippen LogP contribution in [-0.2, 0) is 4.74 Å². The second-order valence-corrected chi connectivity index (χ2v) is 5.71. The van der Waals surface area contributed by atoms with Gasteiger partial charge < -0.3 is 20.3 Å². The fourth-order valence-electron chi connectivity index (χ4n) is 2.80. The molecule has 2 rings (SSSR count). The van der Waals surface area contributed by atoms with Gasteiger partial charge in [0.25, 0.3) is 5.91 Å². The summed E-state index contributed by atoms with van der Waals surface area (Å²) in [7, 11) is 5.66. The Morgan fingerprint density at radius 1 is 1.45 bits per heavy atom. The number of rotatable bonds is 4. The van der Waals surface area contributed by atoms with E-state index in [9.17, 15) is 4.79 Å². The summed E-state index contributed by atoms with van der Waals surface area (Å²) in [4.78, 5) is 16.6. The maximum Gasteiger partial charge on any atom is 0.254 e. The molecule has 2 N–H and O–H groups in total. The zero-order valence-corrected chi connectivity index (χ0v) is 14.3. The van der Waals surface area contributed by atoms with Gasteiger partial charge in [0.05, 0.1) is 6.10 Å². The summed E-state index contributed by atoms with van der Waals surface area (Å²) in [5, 5.41) is 0. The summed E-state index contributed by atoms with van der Waals surface area (Å²) in [6.07, 6.45) is 1.88. The van der Waals surface area contributed by atoms with Crippen LogP contribution in [0.4, 0.5) is 5.69 Å². The van der Waals surface area contributed by atoms with Gasteiger partial charge in [-0.05, 0) is 31.0 Å². The van der Waals surface area contributed by atoms with Gasteiger partial charge in [0.1, 0.15) is 0 Å². The third kappa shape index (κ3) is 4.12. The van der Waals surface area contributed by atoms with Crippen molar-refractivity contribution < 1.29 is 9.53 Å². The minimum Gasteiger partial charge on any atom is -0.381 e. The Kier molecular flexibility index (Phi) is 7.13. The SMILES string of the molecule is COC1CCN(C(=O)c2cccc(N(C)C)c2)C(CN)C1.Cl. The summed E-state index contributed by atoms with van der Waals surface area (Å²) < 4.78 is 5.41. The molecule has 0 aliphatic carbocycles. The summed E-state index contributed by atoms with van der Waals surface area (Å²) in [6, 6.07) is 7.76. The monoisotopic (exact) mass is 327 g/mol. The van der Waals surface area contributed by atoms with Gasteiger partial charge in [-0.2, -0.15) is 0 Å². The van der Waals surface area contributed by atoms with Crippen molar-refractivity contribution in [2.24, 2.45) is 5.73 Å². The van der Waals surface area contributed by atoms with Crippen molar-refractivity contribution in [2.45, 2.75) is 25.0 Å². The van der Waals surface area contributed by atoms with Crippen LogP contribution in [0.5, 0.6) is 0 Å². The lowest BCUT2D eigenvalue weighted by Gasteiger charge is -2.38. The summed E-state index contributed by atoms with van der Waals surface area (Å²) in [6.45, 7) is 1.17. The lowest BCUT2D eigenvalue weighted by Crippen LogP contribution is -2.51. The lowest BCUT2D eigenvalue weighted by molar-refractivity contribution is 0.0139. The first-order valence-corrected chi connectivity index (χ1v) is 7.38. The molecule has 124 valence electrons. The molecule has 1 aliphatic rings. The van der Waals surface area contributed by atoms with Crippen molar-refractivity contribution >= 4 is 24.0 Å². The molecule has 0 bridgehead atoms. The minimum absolute atomic E-state index is 0. The number of amides is 1. The standard InChI is InChI=1S/C16H25N3O2.ClH/c1-18(2)13-6-4-5-12(9-13)16(20)19-8-7-15(21-3)10-14(19)11-17;/h4-6,9,14-15H,7-8,10-11,17H2,1-3H3;1H. The molecule has 5 nitrogen and oxygen atoms in total. The Morgan fingerprint density at radius 2 is 2.18 bits per heavy atom. The topological polar surface area (TPSA) is 58.8 Å². The van der Waals surface area contributed by atoms with Gasteiger partial charge in [-0.3, -0.25) is 4.79 Å². The number of carbonyl (C=O) groups is 1. The smallest absolute Gasteiger partial charge is 0.254 e. The second kappa shape index (κ2) is 8.36. The van der Waals surface area contributed by atoms with E-state index in [4.69, 9.17) is 10.5 Å². The van der Waals surface area contributed by atoms with Gasteiger partial charge in [-0.25, -0.2) is 0 Å². The molecule has 1 aromatic carbocycles. The molecule has 1 heterocycles. The molecular formula is C16H26ClN3O2. The number of ether oxygens (including phenoxy) is 1. The quantitative estimate of drug-likeness (QED) is 0.915. The molecule has 1 saturated heterocycles. The highest BCUT2D eigenvalue weighted by atomic mass is 35.5. The molecule has 0 spiro atoms. The van der Waals surface area contributed by atoms with Gasteiger partial charge in [-0.15, -0.1) is 12.4 Å². The normalized spacial score (nSPS) is 21.2. The maximum atomic E-state index is 12.7. The molecule has 1 amide bonds. The number of nitrogens with two attached hydrogens (primary N) is 1. The zero-order chi connectivity index (χ0) is 15.4. The van der Waals surface area contributed by atoms with Crippen molar-refractivity contribution in [3.63, 3.8) is 0 Å². The predicted octanol–water partition coefficient (Wildman–Crippen LogP) is 1.75. The van der Waals surface area contributed by atoms with Crippen LogP contribution in [0.25, 0.3) is 0 Å². The maximum absolute atomic E-state index is 12.7. The Morgan fingerprint density at radius 3 is 2.77 bits per heavy atom. The minimum atomic E-state index is 0. The Hall–Kier alpha value is -1.30. The van der Waals surface area contributed by atoms with Crippen molar-refractivity contribution in [1.82, 2.24) is 4.90 Å². The largest absolute Gasteiger partial charge is 0.381 e. The first-order valence-electron chi connectivity index (χ1n) is 7.38. The van der Waals surface area contributed by atoms with E-state index in [1.807, 2.05) is 48.2 Å². The highest BCUT2D eigenvalue weighted by molar-refractivity contribution is 5.95. The number of hydrogen-bond donors (Lipinski definition) is 1. The van der Waals surface area contributed by atoms with Crippen LogP contribution in [-0.4, -0.2) is 57.2 Å². The van der Waals surface area contributed by atoms with Crippen LogP contribution >= 0.6 is 12.4 Å². The van der Waals surface area contributed by atoms with E-state index >= 15 is 0 Å². The van der Waals surface area contributed by atoms with Gasteiger partial charge in [0, 0.05) is 51.6 Å². The van der Waals surface area contributed by atoms with Crippen LogP contribution in [0.15, 0.2) is 24.3 Å². The third-order valence-electron chi connectivity index (χ3n) is 4.14. The number of halogens is 1. The summed E-state index contributed by atoms with van der Waals surface area (Å²) >= 11 is 0. The first-order chi connectivity index (χ1) is 10.1. The van der Waals surface area contributed by atoms with E-state index in [0.717, 1.165) is 24.1 Å². The van der Waals surface area contributed by atoms with Crippen LogP contribution in [0.3, 0.4) is 0 Å². The van der Waals surface area contributed by atoms with Gasteiger partial charge in [0.2, 0.25) is 0 Å². The molecule has 1 aliphatic heterocycles. The van der Waals surface area contributed by atoms with E-state index < -0.39 is 0 Å². The Labute approximate surface area is 138 Å². The molecule has 0 aromatic heterocycles. The highest BCUT2D eigenvalue weighted by Crippen LogP contribution is 2.22. The molecule has 1 aromatic rings. The first kappa shape index (κ1) is 18.7. The van der Waals surface area contributed by atoms with Crippen molar-refractivity contribution in [1.29, 1.82) is 0 Å². The van der Waals surface area contributed by atoms with Crippen LogP contribution in [0.1, 0.15) is 23.2 Å². The molecule has 1 fully saturated rings. The van der Waals surface area contributed by atoms with Gasteiger partial charge in [0.15, 0.2) is 0 Å². The number of hydrogen-bond acceptors (Lipinski definition) is 4. The molecule has 6 heteroatoms. The van der Waals surface area contributed by atoms with Crippen molar-refractivity contribution in [3.8, 4) is 0 Å². The molecule has 2 unspecified atom stereocenters. The van der Waals surface area contributed by atoms with Crippen LogP contribution < -0.4 is 10.6 Å². The average Bonchev–Trinajstić information content (AvgIpc) is 2.53. The Balaban J connectivity index is 0.00000242. The fourth-order valence-corrected chi connectivity index (χ4v) is 2.80. The van der Waals surface area contributed by atoms with Crippen LogP contribution in [0, 0.1) is 0 Å². The van der Waals surface area contributed by atoms with E-state index in [1.165, 1.54) is 0 Å². The van der Waals surface area contributed by atoms with Crippen molar-refractivity contribution in [2.75, 3.05) is 39.2 Å². The molecule has 0 radical (unpaired) electrons.